The number of fused-ring (bicyclic) bond motifs is 1. The van der Waals surface area contributed by atoms with Crippen LogP contribution >= 0.6 is 0 Å². The van der Waals surface area contributed by atoms with E-state index in [-0.39, 0.29) is 18.4 Å². The van der Waals surface area contributed by atoms with E-state index in [0.717, 1.165) is 18.0 Å². The number of aliphatic hydroxyl groups excluding tert-OH is 1. The number of aliphatic hydroxyl groups is 1. The molecule has 18 heavy (non-hydrogen) atoms. The van der Waals surface area contributed by atoms with Crippen molar-refractivity contribution < 1.29 is 14.7 Å². The Balaban J connectivity index is 1.74. The second kappa shape index (κ2) is 4.19. The van der Waals surface area contributed by atoms with Gasteiger partial charge in [-0.3, -0.25) is 19.4 Å². The molecule has 5 nitrogen and oxygen atoms in total. The fourth-order valence-corrected chi connectivity index (χ4v) is 2.22. The van der Waals surface area contributed by atoms with Crippen LogP contribution in [-0.4, -0.2) is 59.0 Å². The van der Waals surface area contributed by atoms with E-state index >= 15 is 0 Å². The summed E-state index contributed by atoms with van der Waals surface area (Å²) in [5.74, 6) is -0.610. The van der Waals surface area contributed by atoms with Crippen LogP contribution in [0.25, 0.3) is 0 Å². The molecule has 0 unspecified atom stereocenters. The molecule has 1 saturated heterocycles. The zero-order valence-electron chi connectivity index (χ0n) is 9.87. The lowest BCUT2D eigenvalue weighted by Crippen LogP contribution is -2.39. The van der Waals surface area contributed by atoms with Crippen LogP contribution < -0.4 is 0 Å². The molecule has 1 aromatic rings. The monoisotopic (exact) mass is 246 g/mol. The first-order valence-electron chi connectivity index (χ1n) is 6.02. The molecule has 3 rings (SSSR count). The molecular weight excluding hydrogens is 232 g/mol. The van der Waals surface area contributed by atoms with E-state index in [1.54, 1.807) is 24.3 Å². The first kappa shape index (κ1) is 11.4. The van der Waals surface area contributed by atoms with Crippen molar-refractivity contribution in [1.82, 2.24) is 9.80 Å². The number of nitrogens with zero attached hydrogens (tertiary/aromatic N) is 2. The first-order valence-corrected chi connectivity index (χ1v) is 6.02. The van der Waals surface area contributed by atoms with Gasteiger partial charge >= 0.3 is 0 Å². The SMILES string of the molecule is O=C1c2ccccc2C(=O)N1C[C@H](O)CN1CC1. The highest BCUT2D eigenvalue weighted by atomic mass is 16.3. The van der Waals surface area contributed by atoms with Gasteiger partial charge < -0.3 is 5.11 Å². The molecule has 0 radical (unpaired) electrons. The maximum absolute atomic E-state index is 12.0. The third-order valence-electron chi connectivity index (χ3n) is 3.28. The van der Waals surface area contributed by atoms with Gasteiger partial charge in [-0.2, -0.15) is 0 Å². The van der Waals surface area contributed by atoms with Crippen LogP contribution in [0.3, 0.4) is 0 Å². The maximum Gasteiger partial charge on any atom is 0.261 e. The van der Waals surface area contributed by atoms with Crippen LogP contribution in [0.1, 0.15) is 20.7 Å². The second-order valence-electron chi connectivity index (χ2n) is 4.72. The molecule has 1 aromatic carbocycles. The standard InChI is InChI=1S/C13H14N2O3/c16-9(7-14-5-6-14)8-15-12(17)10-3-1-2-4-11(10)13(15)18/h1-4,9,16H,5-8H2/t9-/m1/s1. The Labute approximate surface area is 105 Å². The molecule has 1 fully saturated rings. The quantitative estimate of drug-likeness (QED) is 0.598. The molecule has 2 amide bonds. The summed E-state index contributed by atoms with van der Waals surface area (Å²) in [6.45, 7) is 2.56. The van der Waals surface area contributed by atoms with Gasteiger partial charge in [0.1, 0.15) is 0 Å². The van der Waals surface area contributed by atoms with Crippen molar-refractivity contribution in [1.29, 1.82) is 0 Å². The van der Waals surface area contributed by atoms with Crippen molar-refractivity contribution in [3.05, 3.63) is 35.4 Å². The molecule has 0 aromatic heterocycles. The highest BCUT2D eigenvalue weighted by Crippen LogP contribution is 2.22. The molecule has 0 aliphatic carbocycles. The second-order valence-corrected chi connectivity index (χ2v) is 4.72. The lowest BCUT2D eigenvalue weighted by molar-refractivity contribution is 0.0526. The minimum absolute atomic E-state index is 0.0723. The van der Waals surface area contributed by atoms with Gasteiger partial charge in [-0.1, -0.05) is 12.1 Å². The summed E-state index contributed by atoms with van der Waals surface area (Å²) in [5, 5.41) is 9.85. The highest BCUT2D eigenvalue weighted by Gasteiger charge is 2.36. The Morgan fingerprint density at radius 1 is 1.06 bits per heavy atom. The molecule has 2 heterocycles. The first-order chi connectivity index (χ1) is 8.66. The van der Waals surface area contributed by atoms with Gasteiger partial charge in [0.15, 0.2) is 0 Å². The molecule has 0 bridgehead atoms. The number of hydrogen-bond acceptors (Lipinski definition) is 4. The largest absolute Gasteiger partial charge is 0.390 e. The fourth-order valence-electron chi connectivity index (χ4n) is 2.22. The Morgan fingerprint density at radius 2 is 1.61 bits per heavy atom. The average Bonchev–Trinajstić information content (AvgIpc) is 3.14. The molecule has 0 spiro atoms. The number of benzene rings is 1. The van der Waals surface area contributed by atoms with E-state index in [2.05, 4.69) is 4.90 Å². The van der Waals surface area contributed by atoms with Crippen LogP contribution in [0.5, 0.6) is 0 Å². The van der Waals surface area contributed by atoms with Crippen LogP contribution in [0.15, 0.2) is 24.3 Å². The molecule has 94 valence electrons. The van der Waals surface area contributed by atoms with E-state index in [1.165, 1.54) is 0 Å². The lowest BCUT2D eigenvalue weighted by Gasteiger charge is -2.18. The Hall–Kier alpha value is -1.72. The molecule has 5 heteroatoms. The zero-order valence-corrected chi connectivity index (χ0v) is 9.87. The van der Waals surface area contributed by atoms with Crippen molar-refractivity contribution in [2.45, 2.75) is 6.10 Å². The minimum atomic E-state index is -0.672. The highest BCUT2D eigenvalue weighted by molar-refractivity contribution is 6.21. The molecule has 2 aliphatic rings. The molecule has 0 saturated carbocycles. The van der Waals surface area contributed by atoms with Crippen molar-refractivity contribution in [3.63, 3.8) is 0 Å². The van der Waals surface area contributed by atoms with Gasteiger partial charge in [0, 0.05) is 19.6 Å². The Morgan fingerprint density at radius 3 is 2.11 bits per heavy atom. The topological polar surface area (TPSA) is 60.6 Å². The van der Waals surface area contributed by atoms with Crippen LogP contribution in [0.2, 0.25) is 0 Å². The number of carbonyl (C=O) groups is 2. The lowest BCUT2D eigenvalue weighted by atomic mass is 10.1. The summed E-state index contributed by atoms with van der Waals surface area (Å²) in [6.07, 6.45) is -0.672. The van der Waals surface area contributed by atoms with Gasteiger partial charge in [0.05, 0.1) is 23.8 Å². The summed E-state index contributed by atoms with van der Waals surface area (Å²) < 4.78 is 0. The summed E-state index contributed by atoms with van der Waals surface area (Å²) in [7, 11) is 0. The van der Waals surface area contributed by atoms with E-state index in [1.807, 2.05) is 0 Å². The number of imide groups is 1. The predicted molar refractivity (Wildman–Crippen MR) is 64.3 cm³/mol. The third kappa shape index (κ3) is 1.91. The minimum Gasteiger partial charge on any atom is -0.390 e. The van der Waals surface area contributed by atoms with Crippen LogP contribution in [-0.2, 0) is 0 Å². The molecular formula is C13H14N2O3. The zero-order chi connectivity index (χ0) is 12.7. The van der Waals surface area contributed by atoms with E-state index in [9.17, 15) is 14.7 Å². The maximum atomic E-state index is 12.0. The number of amides is 2. The molecule has 1 atom stereocenters. The Bertz CT molecular complexity index is 476. The smallest absolute Gasteiger partial charge is 0.261 e. The summed E-state index contributed by atoms with van der Waals surface area (Å²) in [5.41, 5.74) is 0.864. The normalized spacial score (nSPS) is 20.2. The van der Waals surface area contributed by atoms with Gasteiger partial charge in [0.2, 0.25) is 0 Å². The van der Waals surface area contributed by atoms with Crippen molar-refractivity contribution >= 4 is 11.8 Å². The molecule has 1 N–H and O–H groups in total. The third-order valence-corrected chi connectivity index (χ3v) is 3.28. The summed E-state index contributed by atoms with van der Waals surface area (Å²) >= 11 is 0. The number of hydrogen-bond donors (Lipinski definition) is 1. The summed E-state index contributed by atoms with van der Waals surface area (Å²) in [4.78, 5) is 27.2. The van der Waals surface area contributed by atoms with E-state index in [0.29, 0.717) is 17.7 Å². The summed E-state index contributed by atoms with van der Waals surface area (Å²) in [6, 6.07) is 6.76. The van der Waals surface area contributed by atoms with E-state index in [4.69, 9.17) is 0 Å². The van der Waals surface area contributed by atoms with Crippen molar-refractivity contribution in [2.75, 3.05) is 26.2 Å². The van der Waals surface area contributed by atoms with Gasteiger partial charge in [-0.05, 0) is 12.1 Å². The number of rotatable bonds is 4. The van der Waals surface area contributed by atoms with Gasteiger partial charge in [0.25, 0.3) is 11.8 Å². The molecule has 2 aliphatic heterocycles. The van der Waals surface area contributed by atoms with E-state index < -0.39 is 6.10 Å². The number of β-amino-alcohol motifs (C(OH)–C–C–N with tert-alkyl or cyclic N) is 1. The average molecular weight is 246 g/mol. The predicted octanol–water partition coefficient (Wildman–Crippen LogP) is -0.0409. The number of carbonyl (C=O) groups excluding carboxylic acids is 2. The van der Waals surface area contributed by atoms with Gasteiger partial charge in [-0.25, -0.2) is 0 Å². The van der Waals surface area contributed by atoms with Crippen LogP contribution in [0, 0.1) is 0 Å². The van der Waals surface area contributed by atoms with Gasteiger partial charge in [-0.15, -0.1) is 0 Å². The Kier molecular flexibility index (Phi) is 2.65. The van der Waals surface area contributed by atoms with Crippen molar-refractivity contribution in [2.24, 2.45) is 0 Å². The van der Waals surface area contributed by atoms with Crippen LogP contribution in [0.4, 0.5) is 0 Å². The van der Waals surface area contributed by atoms with Crippen molar-refractivity contribution in [3.8, 4) is 0 Å². The fraction of sp³-hybridized carbons (Fsp3) is 0.385.